The summed E-state index contributed by atoms with van der Waals surface area (Å²) in [7, 11) is 0. The number of benzene rings is 3. The van der Waals surface area contributed by atoms with Crippen LogP contribution in [-0.4, -0.2) is 76.1 Å². The van der Waals surface area contributed by atoms with E-state index in [9.17, 15) is 19.2 Å². The molecule has 2 unspecified atom stereocenters. The molecule has 4 amide bonds. The average molecular weight is 739 g/mol. The molecule has 1 aliphatic heterocycles. The van der Waals surface area contributed by atoms with Gasteiger partial charge in [-0.3, -0.25) is 14.4 Å². The van der Waals surface area contributed by atoms with Crippen molar-refractivity contribution in [3.05, 3.63) is 109 Å². The number of para-hydroxylation sites is 1. The van der Waals surface area contributed by atoms with Gasteiger partial charge in [0.05, 0.1) is 26.1 Å². The second-order valence-corrected chi connectivity index (χ2v) is 15.0. The first-order valence-corrected chi connectivity index (χ1v) is 18.1. The molecule has 3 N–H and O–H groups in total. The topological polar surface area (TPSA) is 153 Å². The van der Waals surface area contributed by atoms with Crippen LogP contribution < -0.4 is 20.7 Å². The van der Waals surface area contributed by atoms with E-state index < -0.39 is 35.5 Å². The van der Waals surface area contributed by atoms with Gasteiger partial charge in [0.15, 0.2) is 5.82 Å². The molecule has 1 aliphatic rings. The minimum absolute atomic E-state index is 0.0882. The lowest BCUT2D eigenvalue weighted by molar-refractivity contribution is -0.132. The van der Waals surface area contributed by atoms with Gasteiger partial charge in [0, 0.05) is 19.3 Å². The summed E-state index contributed by atoms with van der Waals surface area (Å²) in [5.41, 5.74) is -0.0876. The fourth-order valence-electron chi connectivity index (χ4n) is 5.67. The van der Waals surface area contributed by atoms with Gasteiger partial charge in [-0.1, -0.05) is 81.4 Å². The Kier molecular flexibility index (Phi) is 13.1. The number of alkyl carbamates (subject to hydrolysis) is 1. The molecule has 1 saturated heterocycles. The number of nitrogens with zero attached hydrogens (tertiary/aromatic N) is 3. The van der Waals surface area contributed by atoms with Gasteiger partial charge in [0.2, 0.25) is 11.8 Å². The number of imidazole rings is 1. The quantitative estimate of drug-likeness (QED) is 0.133. The minimum atomic E-state index is -1.43. The number of likely N-dealkylation sites (tertiary alicyclic amines) is 1. The molecule has 54 heavy (non-hydrogen) atoms. The third-order valence-electron chi connectivity index (χ3n) is 8.61. The molecule has 0 aliphatic carbocycles. The number of hydrogen-bond donors (Lipinski definition) is 3. The van der Waals surface area contributed by atoms with E-state index in [-0.39, 0.29) is 37.0 Å². The molecule has 0 spiro atoms. The highest BCUT2D eigenvalue weighted by Gasteiger charge is 2.35. The zero-order valence-electron chi connectivity index (χ0n) is 31.5. The summed E-state index contributed by atoms with van der Waals surface area (Å²) in [6.07, 6.45) is 4.19. The summed E-state index contributed by atoms with van der Waals surface area (Å²) in [6, 6.07) is 24.3. The number of amides is 4. The Hall–Kier alpha value is -5.69. The SMILES string of the molecule is CC(C)(C)COC(=O)NC(C)(C)C(=O)NC(COCc1ccccc1)C(=O)Nc1cn(C(C(=O)N2CCCC2)c2ccc(Oc3ccccc3)cc2)cn1. The Bertz CT molecular complexity index is 1850. The fraction of sp³-hybridized carbons (Fsp3) is 0.390. The zero-order chi connectivity index (χ0) is 38.7. The van der Waals surface area contributed by atoms with Crippen molar-refractivity contribution in [2.45, 2.75) is 71.7 Å². The van der Waals surface area contributed by atoms with E-state index in [0.717, 1.165) is 24.0 Å². The smallest absolute Gasteiger partial charge is 0.407 e. The van der Waals surface area contributed by atoms with Gasteiger partial charge in [-0.05, 0) is 67.5 Å². The lowest BCUT2D eigenvalue weighted by Crippen LogP contribution is -2.59. The molecule has 0 saturated carbocycles. The van der Waals surface area contributed by atoms with Crippen LogP contribution in [0.25, 0.3) is 0 Å². The van der Waals surface area contributed by atoms with Gasteiger partial charge in [0.1, 0.15) is 29.1 Å². The number of ether oxygens (including phenoxy) is 3. The molecule has 0 radical (unpaired) electrons. The molecule has 1 fully saturated rings. The first-order valence-electron chi connectivity index (χ1n) is 18.1. The van der Waals surface area contributed by atoms with Crippen LogP contribution in [0.4, 0.5) is 10.6 Å². The van der Waals surface area contributed by atoms with Gasteiger partial charge < -0.3 is 39.6 Å². The van der Waals surface area contributed by atoms with Crippen LogP contribution in [0.5, 0.6) is 11.5 Å². The predicted molar refractivity (Wildman–Crippen MR) is 204 cm³/mol. The van der Waals surface area contributed by atoms with E-state index in [2.05, 4.69) is 20.9 Å². The fourth-order valence-corrected chi connectivity index (χ4v) is 5.67. The Labute approximate surface area is 316 Å². The van der Waals surface area contributed by atoms with Gasteiger partial charge >= 0.3 is 6.09 Å². The van der Waals surface area contributed by atoms with E-state index in [4.69, 9.17) is 14.2 Å². The number of carbonyl (C=O) groups excluding carboxylic acids is 4. The van der Waals surface area contributed by atoms with Crippen molar-refractivity contribution in [2.75, 3.05) is 31.6 Å². The Balaban J connectivity index is 1.31. The highest BCUT2D eigenvalue weighted by molar-refractivity contribution is 5.98. The summed E-state index contributed by atoms with van der Waals surface area (Å²) in [4.78, 5) is 60.0. The standard InChI is InChI=1S/C41H50N6O7/c1-40(2,3)27-53-39(51)45-41(4,5)38(50)43-33(26-52-25-29-14-8-6-9-15-29)36(48)44-34-24-47(28-42-34)35(37(49)46-22-12-13-23-46)30-18-20-32(21-19-30)54-31-16-10-7-11-17-31/h6-11,14-21,24,28,33,35H,12-13,22-23,25-27H2,1-5H3,(H,43,50)(H,44,48)(H,45,51). The summed E-state index contributed by atoms with van der Waals surface area (Å²) in [6.45, 7) is 10.3. The van der Waals surface area contributed by atoms with Crippen molar-refractivity contribution in [3.8, 4) is 11.5 Å². The zero-order valence-corrected chi connectivity index (χ0v) is 31.5. The summed E-state index contributed by atoms with van der Waals surface area (Å²) >= 11 is 0. The summed E-state index contributed by atoms with van der Waals surface area (Å²) in [5, 5.41) is 8.08. The molecule has 2 heterocycles. The summed E-state index contributed by atoms with van der Waals surface area (Å²) in [5.74, 6) is 0.183. The molecule has 13 nitrogen and oxygen atoms in total. The number of nitrogens with one attached hydrogen (secondary N) is 3. The van der Waals surface area contributed by atoms with Crippen LogP contribution in [0, 0.1) is 5.41 Å². The van der Waals surface area contributed by atoms with Crippen LogP contribution in [0.1, 0.15) is 64.6 Å². The van der Waals surface area contributed by atoms with Crippen molar-refractivity contribution in [1.82, 2.24) is 25.1 Å². The van der Waals surface area contributed by atoms with Gasteiger partial charge in [-0.2, -0.15) is 0 Å². The maximum atomic E-state index is 13.9. The summed E-state index contributed by atoms with van der Waals surface area (Å²) < 4.78 is 18.8. The van der Waals surface area contributed by atoms with Gasteiger partial charge in [0.25, 0.3) is 5.91 Å². The number of rotatable bonds is 15. The lowest BCUT2D eigenvalue weighted by Gasteiger charge is -2.28. The number of anilines is 1. The van der Waals surface area contributed by atoms with Crippen molar-refractivity contribution in [2.24, 2.45) is 5.41 Å². The van der Waals surface area contributed by atoms with E-state index in [1.807, 2.05) is 111 Å². The molecule has 0 bridgehead atoms. The maximum Gasteiger partial charge on any atom is 0.407 e. The third-order valence-corrected chi connectivity index (χ3v) is 8.61. The van der Waals surface area contributed by atoms with Crippen molar-refractivity contribution in [1.29, 1.82) is 0 Å². The van der Waals surface area contributed by atoms with E-state index in [0.29, 0.717) is 24.6 Å². The van der Waals surface area contributed by atoms with Crippen LogP contribution in [-0.2, 0) is 30.5 Å². The normalized spacial score (nSPS) is 14.1. The Morgan fingerprint density at radius 2 is 1.46 bits per heavy atom. The molecule has 5 rings (SSSR count). The molecule has 2 atom stereocenters. The molecular weight excluding hydrogens is 688 g/mol. The second kappa shape index (κ2) is 17.9. The van der Waals surface area contributed by atoms with Crippen molar-refractivity contribution < 1.29 is 33.4 Å². The number of hydrogen-bond acceptors (Lipinski definition) is 8. The van der Waals surface area contributed by atoms with Crippen molar-refractivity contribution in [3.63, 3.8) is 0 Å². The molecule has 1 aromatic heterocycles. The van der Waals surface area contributed by atoms with E-state index in [1.54, 1.807) is 10.8 Å². The minimum Gasteiger partial charge on any atom is -0.457 e. The predicted octanol–water partition coefficient (Wildman–Crippen LogP) is 6.08. The maximum absolute atomic E-state index is 13.9. The lowest BCUT2D eigenvalue weighted by atomic mass is 9.99. The molecule has 4 aromatic rings. The van der Waals surface area contributed by atoms with Crippen LogP contribution in [0.3, 0.4) is 0 Å². The van der Waals surface area contributed by atoms with Crippen LogP contribution >= 0.6 is 0 Å². The molecule has 286 valence electrons. The highest BCUT2D eigenvalue weighted by Crippen LogP contribution is 2.28. The molecule has 3 aromatic carbocycles. The largest absolute Gasteiger partial charge is 0.457 e. The van der Waals surface area contributed by atoms with Gasteiger partial charge in [-0.25, -0.2) is 9.78 Å². The molecular formula is C41H50N6O7. The van der Waals surface area contributed by atoms with Crippen LogP contribution in [0.2, 0.25) is 0 Å². The second-order valence-electron chi connectivity index (χ2n) is 15.0. The van der Waals surface area contributed by atoms with E-state index >= 15 is 0 Å². The van der Waals surface area contributed by atoms with Crippen molar-refractivity contribution >= 4 is 29.6 Å². The first kappa shape index (κ1) is 39.5. The molecule has 13 heteroatoms. The average Bonchev–Trinajstić information content (AvgIpc) is 3.85. The first-order chi connectivity index (χ1) is 25.8. The van der Waals surface area contributed by atoms with Gasteiger partial charge in [-0.15, -0.1) is 0 Å². The highest BCUT2D eigenvalue weighted by atomic mass is 16.5. The Morgan fingerprint density at radius 3 is 2.11 bits per heavy atom. The Morgan fingerprint density at radius 1 is 0.833 bits per heavy atom. The number of aromatic nitrogens is 2. The monoisotopic (exact) mass is 738 g/mol. The van der Waals surface area contributed by atoms with E-state index in [1.165, 1.54) is 20.2 Å². The third kappa shape index (κ3) is 11.4. The number of carbonyl (C=O) groups is 4. The van der Waals surface area contributed by atoms with Crippen LogP contribution in [0.15, 0.2) is 97.5 Å².